The first-order valence-corrected chi connectivity index (χ1v) is 16.2. The standard InChI is InChI=1S/C22H31NO5S4/c1-19-15-29-17-21(18-30-16-19)28-13-12-23(14-20-8-5-4-6-9-20)11-7-10-22(31(2,24)25)32(3,26)27/h4-11,21H,1,12-18H2,2-3H3. The van der Waals surface area contributed by atoms with E-state index in [1.54, 1.807) is 6.20 Å². The van der Waals surface area contributed by atoms with Gasteiger partial charge in [-0.05, 0) is 23.9 Å². The Kier molecular flexibility index (Phi) is 10.9. The Morgan fingerprint density at radius 1 is 1.09 bits per heavy atom. The van der Waals surface area contributed by atoms with E-state index in [0.29, 0.717) is 19.7 Å². The SMILES string of the molecule is C=C1CSCC(OCCN(C=CC=C(S(C)(=O)=O)S(C)(=O)=O)Cc2ccccc2)CSC1. The molecule has 1 fully saturated rings. The van der Waals surface area contributed by atoms with Crippen LogP contribution in [0.4, 0.5) is 0 Å². The van der Waals surface area contributed by atoms with Crippen LogP contribution < -0.4 is 0 Å². The molecule has 178 valence electrons. The molecule has 0 atom stereocenters. The summed E-state index contributed by atoms with van der Waals surface area (Å²) in [5, 5.41) is 0. The number of hydrogen-bond acceptors (Lipinski definition) is 8. The van der Waals surface area contributed by atoms with Gasteiger partial charge in [0, 0.05) is 48.6 Å². The number of ether oxygens (including phenoxy) is 1. The Hall–Kier alpha value is -1.20. The molecule has 0 radical (unpaired) electrons. The van der Waals surface area contributed by atoms with Crippen LogP contribution in [0.5, 0.6) is 0 Å². The molecule has 1 aliphatic heterocycles. The first-order valence-electron chi connectivity index (χ1n) is 10.1. The van der Waals surface area contributed by atoms with Gasteiger partial charge >= 0.3 is 0 Å². The lowest BCUT2D eigenvalue weighted by Crippen LogP contribution is -2.27. The summed E-state index contributed by atoms with van der Waals surface area (Å²) in [7, 11) is -7.71. The number of allylic oxidation sites excluding steroid dienone is 2. The molecule has 0 bridgehead atoms. The second-order valence-corrected chi connectivity index (χ2v) is 13.9. The largest absolute Gasteiger partial charge is 0.375 e. The molecule has 0 saturated carbocycles. The summed E-state index contributed by atoms with van der Waals surface area (Å²) in [5.41, 5.74) is 2.34. The topological polar surface area (TPSA) is 80.8 Å². The zero-order chi connectivity index (χ0) is 23.6. The lowest BCUT2D eigenvalue weighted by molar-refractivity contribution is 0.0716. The summed E-state index contributed by atoms with van der Waals surface area (Å²) in [6.45, 7) is 5.75. The van der Waals surface area contributed by atoms with E-state index in [0.717, 1.165) is 47.2 Å². The number of benzene rings is 1. The van der Waals surface area contributed by atoms with Crippen molar-refractivity contribution in [2.24, 2.45) is 0 Å². The molecule has 10 heteroatoms. The van der Waals surface area contributed by atoms with E-state index in [9.17, 15) is 16.8 Å². The molecular weight excluding hydrogens is 487 g/mol. The molecule has 1 heterocycles. The summed E-state index contributed by atoms with van der Waals surface area (Å²) in [6.07, 6.45) is 6.26. The predicted molar refractivity (Wildman–Crippen MR) is 137 cm³/mol. The van der Waals surface area contributed by atoms with Gasteiger partial charge in [0.1, 0.15) is 0 Å². The van der Waals surface area contributed by atoms with Crippen LogP contribution in [0, 0.1) is 0 Å². The van der Waals surface area contributed by atoms with Crippen LogP contribution in [0.2, 0.25) is 0 Å². The summed E-state index contributed by atoms with van der Waals surface area (Å²) >= 11 is 3.68. The molecule has 2 rings (SSSR count). The van der Waals surface area contributed by atoms with Gasteiger partial charge in [-0.3, -0.25) is 0 Å². The molecule has 1 aliphatic rings. The van der Waals surface area contributed by atoms with Gasteiger partial charge in [0.15, 0.2) is 23.9 Å². The molecule has 0 amide bonds. The highest BCUT2D eigenvalue weighted by Crippen LogP contribution is 2.21. The van der Waals surface area contributed by atoms with E-state index < -0.39 is 23.9 Å². The summed E-state index contributed by atoms with van der Waals surface area (Å²) in [6, 6.07) is 9.86. The average Bonchev–Trinajstić information content (AvgIpc) is 2.67. The Morgan fingerprint density at radius 3 is 2.25 bits per heavy atom. The Labute approximate surface area is 201 Å². The molecule has 1 saturated heterocycles. The van der Waals surface area contributed by atoms with Crippen LogP contribution >= 0.6 is 23.5 Å². The first-order chi connectivity index (χ1) is 15.1. The number of rotatable bonds is 10. The van der Waals surface area contributed by atoms with Crippen LogP contribution in [0.25, 0.3) is 0 Å². The lowest BCUT2D eigenvalue weighted by Gasteiger charge is -2.24. The summed E-state index contributed by atoms with van der Waals surface area (Å²) in [4.78, 5) is 1.99. The van der Waals surface area contributed by atoms with Gasteiger partial charge < -0.3 is 9.64 Å². The highest BCUT2D eigenvalue weighted by atomic mass is 32.3. The minimum absolute atomic E-state index is 0.169. The van der Waals surface area contributed by atoms with Crippen molar-refractivity contribution in [3.05, 3.63) is 70.6 Å². The predicted octanol–water partition coefficient (Wildman–Crippen LogP) is 3.35. The van der Waals surface area contributed by atoms with Gasteiger partial charge in [0.05, 0.1) is 12.7 Å². The van der Waals surface area contributed by atoms with Gasteiger partial charge in [0.2, 0.25) is 0 Å². The molecular formula is C22H31NO5S4. The van der Waals surface area contributed by atoms with Gasteiger partial charge in [-0.1, -0.05) is 42.5 Å². The molecule has 0 N–H and O–H groups in total. The average molecular weight is 518 g/mol. The Balaban J connectivity index is 2.06. The van der Waals surface area contributed by atoms with Crippen molar-refractivity contribution in [2.75, 3.05) is 48.7 Å². The molecule has 1 aromatic carbocycles. The van der Waals surface area contributed by atoms with Crippen molar-refractivity contribution in [2.45, 2.75) is 12.6 Å². The number of thioether (sulfide) groups is 2. The molecule has 0 unspecified atom stereocenters. The normalized spacial score (nSPS) is 16.5. The molecule has 32 heavy (non-hydrogen) atoms. The van der Waals surface area contributed by atoms with Gasteiger partial charge in [-0.2, -0.15) is 23.5 Å². The molecule has 0 spiro atoms. The summed E-state index contributed by atoms with van der Waals surface area (Å²) < 4.78 is 52.9. The van der Waals surface area contributed by atoms with Crippen LogP contribution in [-0.4, -0.2) is 76.5 Å². The number of nitrogens with zero attached hydrogens (tertiary/aromatic N) is 1. The molecule has 1 aromatic rings. The maximum absolute atomic E-state index is 11.8. The fourth-order valence-electron chi connectivity index (χ4n) is 2.98. The Morgan fingerprint density at radius 2 is 1.69 bits per heavy atom. The minimum Gasteiger partial charge on any atom is -0.375 e. The van der Waals surface area contributed by atoms with E-state index in [-0.39, 0.29) is 6.10 Å². The zero-order valence-corrected chi connectivity index (χ0v) is 21.7. The van der Waals surface area contributed by atoms with Crippen molar-refractivity contribution >= 4 is 43.2 Å². The zero-order valence-electron chi connectivity index (χ0n) is 18.5. The number of hydrogen-bond donors (Lipinski definition) is 0. The highest BCUT2D eigenvalue weighted by Gasteiger charge is 2.21. The van der Waals surface area contributed by atoms with E-state index in [1.165, 1.54) is 11.6 Å². The third-order valence-corrected chi connectivity index (χ3v) is 10.4. The van der Waals surface area contributed by atoms with Crippen LogP contribution in [0.1, 0.15) is 5.56 Å². The molecule has 0 aliphatic carbocycles. The monoisotopic (exact) mass is 517 g/mol. The third-order valence-electron chi connectivity index (χ3n) is 4.44. The van der Waals surface area contributed by atoms with Crippen molar-refractivity contribution in [1.29, 1.82) is 0 Å². The maximum Gasteiger partial charge on any atom is 0.186 e. The quantitative estimate of drug-likeness (QED) is 0.345. The van der Waals surface area contributed by atoms with E-state index in [4.69, 9.17) is 4.74 Å². The second kappa shape index (κ2) is 12.9. The third kappa shape index (κ3) is 10.2. The lowest BCUT2D eigenvalue weighted by atomic mass is 10.2. The minimum atomic E-state index is -3.85. The van der Waals surface area contributed by atoms with Crippen LogP contribution in [-0.2, 0) is 31.0 Å². The smallest absolute Gasteiger partial charge is 0.186 e. The maximum atomic E-state index is 11.8. The highest BCUT2D eigenvalue weighted by molar-refractivity contribution is 8.13. The van der Waals surface area contributed by atoms with Gasteiger partial charge in [-0.25, -0.2) is 16.8 Å². The van der Waals surface area contributed by atoms with E-state index in [1.807, 2.05) is 58.8 Å². The second-order valence-electron chi connectivity index (χ2n) is 7.60. The number of sulfone groups is 2. The summed E-state index contributed by atoms with van der Waals surface area (Å²) in [5.74, 6) is 3.78. The van der Waals surface area contributed by atoms with E-state index in [2.05, 4.69) is 6.58 Å². The van der Waals surface area contributed by atoms with Crippen molar-refractivity contribution in [3.63, 3.8) is 0 Å². The molecule has 0 aromatic heterocycles. The van der Waals surface area contributed by atoms with Crippen LogP contribution in [0.3, 0.4) is 0 Å². The van der Waals surface area contributed by atoms with Crippen molar-refractivity contribution in [3.8, 4) is 0 Å². The molecule has 6 nitrogen and oxygen atoms in total. The fourth-order valence-corrected chi connectivity index (χ4v) is 8.08. The van der Waals surface area contributed by atoms with Gasteiger partial charge in [0.25, 0.3) is 0 Å². The fraction of sp³-hybridized carbons (Fsp3) is 0.455. The van der Waals surface area contributed by atoms with E-state index >= 15 is 0 Å². The van der Waals surface area contributed by atoms with Crippen molar-refractivity contribution in [1.82, 2.24) is 4.90 Å². The van der Waals surface area contributed by atoms with Crippen LogP contribution in [0.15, 0.2) is 65.1 Å². The Bertz CT molecular complexity index is 972. The van der Waals surface area contributed by atoms with Gasteiger partial charge in [-0.15, -0.1) is 0 Å². The first kappa shape index (κ1) is 27.0. The van der Waals surface area contributed by atoms with Crippen molar-refractivity contribution < 1.29 is 21.6 Å².